The second-order valence-corrected chi connectivity index (χ2v) is 7.90. The lowest BCUT2D eigenvalue weighted by Crippen LogP contribution is -2.27. The second kappa shape index (κ2) is 6.79. The molecule has 1 atom stereocenters. The van der Waals surface area contributed by atoms with Gasteiger partial charge in [0.05, 0.1) is 16.1 Å². The van der Waals surface area contributed by atoms with Crippen molar-refractivity contribution in [3.05, 3.63) is 24.3 Å². The van der Waals surface area contributed by atoms with Crippen LogP contribution in [0.15, 0.2) is 28.6 Å². The molecule has 112 valence electrons. The third kappa shape index (κ3) is 3.58. The Morgan fingerprint density at radius 3 is 2.81 bits per heavy atom. The van der Waals surface area contributed by atoms with Crippen LogP contribution in [-0.4, -0.2) is 21.8 Å². The number of carboxylic acids is 1. The minimum absolute atomic E-state index is 0.234. The Balaban J connectivity index is 1.67. The molecule has 1 saturated carbocycles. The van der Waals surface area contributed by atoms with E-state index >= 15 is 0 Å². The molecule has 0 bridgehead atoms. The van der Waals surface area contributed by atoms with E-state index in [1.807, 2.05) is 18.2 Å². The van der Waals surface area contributed by atoms with Crippen LogP contribution in [-0.2, 0) is 4.79 Å². The highest BCUT2D eigenvalue weighted by Crippen LogP contribution is 2.36. The molecule has 2 aromatic rings. The van der Waals surface area contributed by atoms with Gasteiger partial charge in [-0.3, -0.25) is 4.79 Å². The van der Waals surface area contributed by atoms with Gasteiger partial charge in [0, 0.05) is 5.75 Å². The highest BCUT2D eigenvalue weighted by Gasteiger charge is 2.29. The third-order valence-electron chi connectivity index (χ3n) is 4.20. The van der Waals surface area contributed by atoms with Crippen molar-refractivity contribution in [2.75, 3.05) is 5.75 Å². The number of aromatic nitrogens is 1. The van der Waals surface area contributed by atoms with Crippen LogP contribution in [0.2, 0.25) is 0 Å². The van der Waals surface area contributed by atoms with Crippen molar-refractivity contribution in [3.63, 3.8) is 0 Å². The maximum absolute atomic E-state index is 11.6. The van der Waals surface area contributed by atoms with Crippen LogP contribution in [0.4, 0.5) is 0 Å². The number of para-hydroxylation sites is 1. The Morgan fingerprint density at radius 2 is 2.10 bits per heavy atom. The molecular formula is C16H19NO2S2. The number of carboxylic acid groups (broad SMARTS) is 1. The molecule has 1 unspecified atom stereocenters. The topological polar surface area (TPSA) is 50.2 Å². The molecular weight excluding hydrogens is 302 g/mol. The monoisotopic (exact) mass is 321 g/mol. The SMILES string of the molecule is O=C(O)C(CSc1nc2ccccc2s1)C1CCCCC1. The van der Waals surface area contributed by atoms with Gasteiger partial charge in [-0.1, -0.05) is 43.2 Å². The van der Waals surface area contributed by atoms with Crippen molar-refractivity contribution in [1.82, 2.24) is 4.98 Å². The molecule has 1 aromatic carbocycles. The van der Waals surface area contributed by atoms with Crippen LogP contribution >= 0.6 is 23.1 Å². The fraction of sp³-hybridized carbons (Fsp3) is 0.500. The first-order valence-electron chi connectivity index (χ1n) is 7.45. The lowest BCUT2D eigenvalue weighted by atomic mass is 9.81. The first-order valence-corrected chi connectivity index (χ1v) is 9.25. The van der Waals surface area contributed by atoms with E-state index in [1.54, 1.807) is 23.1 Å². The number of rotatable bonds is 5. The molecule has 0 aliphatic heterocycles. The number of nitrogens with zero attached hydrogens (tertiary/aromatic N) is 1. The van der Waals surface area contributed by atoms with Crippen molar-refractivity contribution >= 4 is 39.3 Å². The van der Waals surface area contributed by atoms with E-state index in [2.05, 4.69) is 11.1 Å². The van der Waals surface area contributed by atoms with Crippen molar-refractivity contribution in [2.45, 2.75) is 36.4 Å². The van der Waals surface area contributed by atoms with E-state index in [0.717, 1.165) is 22.7 Å². The average molecular weight is 321 g/mol. The van der Waals surface area contributed by atoms with Gasteiger partial charge in [0.1, 0.15) is 0 Å². The highest BCUT2D eigenvalue weighted by atomic mass is 32.2. The number of carbonyl (C=O) groups is 1. The summed E-state index contributed by atoms with van der Waals surface area (Å²) in [6, 6.07) is 8.06. The summed E-state index contributed by atoms with van der Waals surface area (Å²) in [4.78, 5) is 16.1. The predicted molar refractivity (Wildman–Crippen MR) is 88.0 cm³/mol. The highest BCUT2D eigenvalue weighted by molar-refractivity contribution is 8.01. The van der Waals surface area contributed by atoms with Crippen LogP contribution < -0.4 is 0 Å². The Morgan fingerprint density at radius 1 is 1.33 bits per heavy atom. The quantitative estimate of drug-likeness (QED) is 0.813. The summed E-state index contributed by atoms with van der Waals surface area (Å²) in [5, 5.41) is 9.51. The molecule has 0 amide bonds. The lowest BCUT2D eigenvalue weighted by molar-refractivity contribution is -0.143. The van der Waals surface area contributed by atoms with Crippen molar-refractivity contribution in [3.8, 4) is 0 Å². The number of fused-ring (bicyclic) bond motifs is 1. The zero-order chi connectivity index (χ0) is 14.7. The number of benzene rings is 1. The molecule has 0 saturated heterocycles. The van der Waals surface area contributed by atoms with Crippen LogP contribution in [0.5, 0.6) is 0 Å². The number of thioether (sulfide) groups is 1. The van der Waals surface area contributed by atoms with E-state index in [4.69, 9.17) is 0 Å². The summed E-state index contributed by atoms with van der Waals surface area (Å²) >= 11 is 3.26. The molecule has 1 aliphatic carbocycles. The van der Waals surface area contributed by atoms with Gasteiger partial charge in [-0.15, -0.1) is 11.3 Å². The van der Waals surface area contributed by atoms with Gasteiger partial charge < -0.3 is 5.11 Å². The maximum atomic E-state index is 11.6. The summed E-state index contributed by atoms with van der Waals surface area (Å²) in [6.07, 6.45) is 5.75. The standard InChI is InChI=1S/C16H19NO2S2/c18-15(19)12(11-6-2-1-3-7-11)10-20-16-17-13-8-4-5-9-14(13)21-16/h4-5,8-9,11-12H,1-3,6-7,10H2,(H,18,19). The van der Waals surface area contributed by atoms with Crippen molar-refractivity contribution in [1.29, 1.82) is 0 Å². The molecule has 1 heterocycles. The van der Waals surface area contributed by atoms with E-state index < -0.39 is 5.97 Å². The Labute approximate surface area is 132 Å². The van der Waals surface area contributed by atoms with E-state index in [0.29, 0.717) is 11.7 Å². The summed E-state index contributed by atoms with van der Waals surface area (Å²) in [5.41, 5.74) is 1.01. The predicted octanol–water partition coefficient (Wildman–Crippen LogP) is 4.67. The molecule has 1 aliphatic rings. The molecule has 1 fully saturated rings. The van der Waals surface area contributed by atoms with Gasteiger partial charge in [0.15, 0.2) is 4.34 Å². The van der Waals surface area contributed by atoms with Crippen LogP contribution in [0.1, 0.15) is 32.1 Å². The van der Waals surface area contributed by atoms with E-state index in [9.17, 15) is 9.90 Å². The molecule has 3 rings (SSSR count). The Bertz CT molecular complexity index is 587. The smallest absolute Gasteiger partial charge is 0.307 e. The van der Waals surface area contributed by atoms with Crippen molar-refractivity contribution in [2.24, 2.45) is 11.8 Å². The average Bonchev–Trinajstić information content (AvgIpc) is 2.91. The fourth-order valence-electron chi connectivity index (χ4n) is 3.02. The first kappa shape index (κ1) is 14.9. The summed E-state index contributed by atoms with van der Waals surface area (Å²) in [7, 11) is 0. The Hall–Kier alpha value is -1.07. The number of aliphatic carboxylic acids is 1. The van der Waals surface area contributed by atoms with Gasteiger partial charge in [0.25, 0.3) is 0 Å². The van der Waals surface area contributed by atoms with Gasteiger partial charge in [-0.25, -0.2) is 4.98 Å². The Kier molecular flexibility index (Phi) is 4.80. The van der Waals surface area contributed by atoms with Crippen molar-refractivity contribution < 1.29 is 9.90 Å². The number of hydrogen-bond acceptors (Lipinski definition) is 4. The zero-order valence-corrected chi connectivity index (χ0v) is 13.5. The first-order chi connectivity index (χ1) is 10.2. The van der Waals surface area contributed by atoms with Gasteiger partial charge >= 0.3 is 5.97 Å². The minimum atomic E-state index is -0.643. The van der Waals surface area contributed by atoms with E-state index in [-0.39, 0.29) is 5.92 Å². The maximum Gasteiger partial charge on any atom is 0.307 e. The summed E-state index contributed by atoms with van der Waals surface area (Å²) < 4.78 is 2.16. The lowest BCUT2D eigenvalue weighted by Gasteiger charge is -2.26. The number of thiazole rings is 1. The molecule has 0 spiro atoms. The van der Waals surface area contributed by atoms with Crippen LogP contribution in [0, 0.1) is 11.8 Å². The molecule has 5 heteroatoms. The van der Waals surface area contributed by atoms with Gasteiger partial charge in [-0.2, -0.15) is 0 Å². The second-order valence-electron chi connectivity index (χ2n) is 5.60. The molecule has 1 N–H and O–H groups in total. The van der Waals surface area contributed by atoms with Crippen LogP contribution in [0.25, 0.3) is 10.2 Å². The molecule has 21 heavy (non-hydrogen) atoms. The van der Waals surface area contributed by atoms with Gasteiger partial charge in [0.2, 0.25) is 0 Å². The normalized spacial score (nSPS) is 17.9. The summed E-state index contributed by atoms with van der Waals surface area (Å²) in [6.45, 7) is 0. The fourth-order valence-corrected chi connectivity index (χ4v) is 5.33. The molecule has 0 radical (unpaired) electrons. The molecule has 3 nitrogen and oxygen atoms in total. The molecule has 1 aromatic heterocycles. The van der Waals surface area contributed by atoms with Crippen LogP contribution in [0.3, 0.4) is 0 Å². The minimum Gasteiger partial charge on any atom is -0.481 e. The number of hydrogen-bond donors (Lipinski definition) is 1. The van der Waals surface area contributed by atoms with Gasteiger partial charge in [-0.05, 0) is 30.9 Å². The van der Waals surface area contributed by atoms with E-state index in [1.165, 1.54) is 24.0 Å². The summed E-state index contributed by atoms with van der Waals surface area (Å²) in [5.74, 6) is 0.107. The zero-order valence-electron chi connectivity index (χ0n) is 11.8. The third-order valence-corrected chi connectivity index (χ3v) is 6.50. The largest absolute Gasteiger partial charge is 0.481 e.